The second-order valence-corrected chi connectivity index (χ2v) is 7.22. The van der Waals surface area contributed by atoms with Crippen molar-refractivity contribution in [2.75, 3.05) is 13.2 Å². The van der Waals surface area contributed by atoms with Crippen LogP contribution in [0.15, 0.2) is 42.6 Å². The van der Waals surface area contributed by atoms with E-state index < -0.39 is 0 Å². The van der Waals surface area contributed by atoms with E-state index in [1.807, 2.05) is 51.1 Å². The molecule has 1 aliphatic heterocycles. The van der Waals surface area contributed by atoms with E-state index in [-0.39, 0.29) is 11.9 Å². The summed E-state index contributed by atoms with van der Waals surface area (Å²) >= 11 is 0. The number of benzene rings is 1. The molecule has 0 bridgehead atoms. The highest BCUT2D eigenvalue weighted by Gasteiger charge is 2.16. The third-order valence-electron chi connectivity index (χ3n) is 4.86. The van der Waals surface area contributed by atoms with Gasteiger partial charge in [-0.25, -0.2) is 4.98 Å². The average molecular weight is 400 g/mol. The molecular formula is C24H33NO4. The summed E-state index contributed by atoms with van der Waals surface area (Å²) in [6.07, 6.45) is 6.87. The Balaban J connectivity index is 0.000000360. The first-order valence-corrected chi connectivity index (χ1v) is 10.6. The number of nitrogens with zero attached hydrogens (tertiary/aromatic N) is 1. The fourth-order valence-electron chi connectivity index (χ4n) is 2.88. The van der Waals surface area contributed by atoms with E-state index in [2.05, 4.69) is 11.9 Å². The Bertz CT molecular complexity index is 756. The molecule has 2 atom stereocenters. The lowest BCUT2D eigenvalue weighted by molar-refractivity contribution is -0.138. The van der Waals surface area contributed by atoms with Gasteiger partial charge in [-0.05, 0) is 57.2 Å². The minimum absolute atomic E-state index is 0.121. The molecule has 0 N–H and O–H groups in total. The first-order chi connectivity index (χ1) is 14.0. The zero-order chi connectivity index (χ0) is 21.1. The number of ether oxygens (including phenoxy) is 3. The number of pyridine rings is 1. The molecule has 0 radical (unpaired) electrons. The predicted octanol–water partition coefficient (Wildman–Crippen LogP) is 5.67. The van der Waals surface area contributed by atoms with E-state index in [0.29, 0.717) is 24.3 Å². The van der Waals surface area contributed by atoms with E-state index in [4.69, 9.17) is 14.2 Å². The summed E-state index contributed by atoms with van der Waals surface area (Å²) in [5.41, 5.74) is 1.76. The molecular weight excluding hydrogens is 366 g/mol. The predicted molar refractivity (Wildman–Crippen MR) is 115 cm³/mol. The first kappa shape index (κ1) is 22.9. The molecule has 2 unspecified atom stereocenters. The number of rotatable bonds is 6. The number of hydrogen-bond acceptors (Lipinski definition) is 5. The van der Waals surface area contributed by atoms with Gasteiger partial charge < -0.3 is 14.2 Å². The van der Waals surface area contributed by atoms with Gasteiger partial charge in [-0.15, -0.1) is 0 Å². The molecule has 1 aliphatic rings. The molecule has 1 aromatic carbocycles. The van der Waals surface area contributed by atoms with E-state index in [1.165, 1.54) is 19.3 Å². The molecule has 29 heavy (non-hydrogen) atoms. The quantitative estimate of drug-likeness (QED) is 0.462. The number of esters is 1. The van der Waals surface area contributed by atoms with Crippen molar-refractivity contribution >= 4 is 5.97 Å². The number of hydrogen-bond donors (Lipinski definition) is 0. The molecule has 1 aromatic heterocycles. The van der Waals surface area contributed by atoms with Crippen molar-refractivity contribution in [3.63, 3.8) is 0 Å². The maximum Gasteiger partial charge on any atom is 0.314 e. The molecule has 0 aliphatic carbocycles. The van der Waals surface area contributed by atoms with Crippen LogP contribution in [0.3, 0.4) is 0 Å². The zero-order valence-electron chi connectivity index (χ0n) is 18.0. The lowest BCUT2D eigenvalue weighted by atomic mass is 10.1. The highest BCUT2D eigenvalue weighted by atomic mass is 16.5. The van der Waals surface area contributed by atoms with Crippen molar-refractivity contribution < 1.29 is 19.0 Å². The Morgan fingerprint density at radius 2 is 2.03 bits per heavy atom. The van der Waals surface area contributed by atoms with Crippen LogP contribution >= 0.6 is 0 Å². The van der Waals surface area contributed by atoms with Gasteiger partial charge in [-0.1, -0.05) is 32.0 Å². The Kier molecular flexibility index (Phi) is 9.65. The summed E-state index contributed by atoms with van der Waals surface area (Å²) in [6.45, 7) is 9.43. The van der Waals surface area contributed by atoms with Gasteiger partial charge in [-0.2, -0.15) is 0 Å². The molecule has 5 heteroatoms. The smallest absolute Gasteiger partial charge is 0.314 e. The molecule has 0 amide bonds. The maximum atomic E-state index is 12.0. The lowest BCUT2D eigenvalue weighted by Crippen LogP contribution is -2.17. The molecule has 5 nitrogen and oxygen atoms in total. The van der Waals surface area contributed by atoms with E-state index >= 15 is 0 Å². The van der Waals surface area contributed by atoms with Crippen molar-refractivity contribution in [3.05, 3.63) is 42.6 Å². The van der Waals surface area contributed by atoms with E-state index in [1.54, 1.807) is 12.3 Å². The van der Waals surface area contributed by atoms with Crippen LogP contribution in [0.2, 0.25) is 0 Å². The van der Waals surface area contributed by atoms with Crippen LogP contribution in [0.5, 0.6) is 11.6 Å². The number of carbonyl (C=O) groups is 1. The fraction of sp³-hybridized carbons (Fsp3) is 0.500. The first-order valence-electron chi connectivity index (χ1n) is 10.6. The highest BCUT2D eigenvalue weighted by molar-refractivity contribution is 5.79. The van der Waals surface area contributed by atoms with Gasteiger partial charge in [-0.3, -0.25) is 4.79 Å². The summed E-state index contributed by atoms with van der Waals surface area (Å²) in [5, 5.41) is 0. The Hall–Kier alpha value is -2.40. The van der Waals surface area contributed by atoms with Crippen LogP contribution < -0.4 is 9.47 Å². The number of carbonyl (C=O) groups excluding carboxylic acids is 1. The monoisotopic (exact) mass is 399 g/mol. The topological polar surface area (TPSA) is 57.7 Å². The average Bonchev–Trinajstić information content (AvgIpc) is 2.75. The second-order valence-electron chi connectivity index (χ2n) is 7.22. The minimum Gasteiger partial charge on any atom is -0.478 e. The third-order valence-corrected chi connectivity index (χ3v) is 4.86. The number of aromatic nitrogens is 1. The lowest BCUT2D eigenvalue weighted by Gasteiger charge is -2.17. The van der Waals surface area contributed by atoms with Gasteiger partial charge >= 0.3 is 5.97 Å². The van der Waals surface area contributed by atoms with Crippen LogP contribution in [0.25, 0.3) is 11.1 Å². The molecule has 0 spiro atoms. The van der Waals surface area contributed by atoms with Crippen molar-refractivity contribution in [1.82, 2.24) is 4.98 Å². The van der Waals surface area contributed by atoms with Crippen molar-refractivity contribution in [2.24, 2.45) is 5.92 Å². The summed E-state index contributed by atoms with van der Waals surface area (Å²) in [5.74, 6) is 0.781. The third kappa shape index (κ3) is 7.50. The van der Waals surface area contributed by atoms with Gasteiger partial charge in [0.25, 0.3) is 0 Å². The Labute approximate surface area is 174 Å². The van der Waals surface area contributed by atoms with Crippen LogP contribution in [0.1, 0.15) is 53.4 Å². The second kappa shape index (κ2) is 12.2. The zero-order valence-corrected chi connectivity index (χ0v) is 18.0. The van der Waals surface area contributed by atoms with Crippen molar-refractivity contribution in [2.45, 2.75) is 59.5 Å². The molecule has 1 saturated heterocycles. The van der Waals surface area contributed by atoms with E-state index in [9.17, 15) is 4.79 Å². The van der Waals surface area contributed by atoms with Gasteiger partial charge in [0.1, 0.15) is 5.75 Å². The summed E-state index contributed by atoms with van der Waals surface area (Å²) in [4.78, 5) is 16.2. The maximum absolute atomic E-state index is 12.0. The van der Waals surface area contributed by atoms with Crippen LogP contribution in [0.4, 0.5) is 0 Å². The number of para-hydroxylation sites is 1. The molecule has 3 rings (SSSR count). The van der Waals surface area contributed by atoms with Gasteiger partial charge in [0.15, 0.2) is 0 Å². The van der Waals surface area contributed by atoms with Crippen LogP contribution in [-0.4, -0.2) is 30.3 Å². The highest BCUT2D eigenvalue weighted by Crippen LogP contribution is 2.31. The Morgan fingerprint density at radius 1 is 1.24 bits per heavy atom. The van der Waals surface area contributed by atoms with Crippen LogP contribution in [-0.2, 0) is 9.53 Å². The van der Waals surface area contributed by atoms with Crippen molar-refractivity contribution in [3.8, 4) is 22.8 Å². The summed E-state index contributed by atoms with van der Waals surface area (Å²) in [6, 6.07) is 11.2. The fourth-order valence-corrected chi connectivity index (χ4v) is 2.88. The molecule has 2 aromatic rings. The summed E-state index contributed by atoms with van der Waals surface area (Å²) in [7, 11) is 0. The van der Waals surface area contributed by atoms with Gasteiger partial charge in [0.05, 0.1) is 18.6 Å². The summed E-state index contributed by atoms with van der Waals surface area (Å²) < 4.78 is 16.3. The minimum atomic E-state index is -0.214. The molecule has 1 fully saturated rings. The largest absolute Gasteiger partial charge is 0.478 e. The molecule has 0 saturated carbocycles. The molecule has 158 valence electrons. The van der Waals surface area contributed by atoms with E-state index in [0.717, 1.165) is 24.2 Å². The molecule has 2 heterocycles. The van der Waals surface area contributed by atoms with Crippen LogP contribution in [0, 0.1) is 5.92 Å². The Morgan fingerprint density at radius 3 is 2.66 bits per heavy atom. The normalized spacial score (nSPS) is 16.9. The van der Waals surface area contributed by atoms with Gasteiger partial charge in [0.2, 0.25) is 5.88 Å². The van der Waals surface area contributed by atoms with Crippen molar-refractivity contribution in [1.29, 1.82) is 0 Å². The SMILES string of the molecule is CC1CCCCO1.CCOc1cc(-c2ccccc2OC(=O)C(C)CC)ccn1. The van der Waals surface area contributed by atoms with Gasteiger partial charge in [0, 0.05) is 24.4 Å². The standard InChI is InChI=1S/C18H21NO3.C6H12O/c1-4-13(3)18(20)22-16-9-7-6-8-15(16)14-10-11-19-17(12-14)21-5-2;1-6-4-2-3-5-7-6/h6-13H,4-5H2,1-3H3;6H,2-5H2,1H3.